The molecule has 16 heavy (non-hydrogen) atoms. The van der Waals surface area contributed by atoms with E-state index >= 15 is 0 Å². The molecule has 1 aromatic heterocycles. The van der Waals surface area contributed by atoms with E-state index in [9.17, 15) is 4.79 Å². The maximum atomic E-state index is 11.1. The predicted molar refractivity (Wildman–Crippen MR) is 65.1 cm³/mol. The Labute approximate surface area is 98.9 Å². The van der Waals surface area contributed by atoms with Gasteiger partial charge in [-0.25, -0.2) is 0 Å². The number of carbonyl (C=O) groups is 1. The van der Waals surface area contributed by atoms with Gasteiger partial charge in [0.15, 0.2) is 0 Å². The van der Waals surface area contributed by atoms with Gasteiger partial charge in [0.05, 0.1) is 5.92 Å². The number of carboxylic acid groups (broad SMARTS) is 1. The van der Waals surface area contributed by atoms with Crippen LogP contribution >= 0.6 is 11.3 Å². The third kappa shape index (κ3) is 2.36. The Morgan fingerprint density at radius 3 is 3.00 bits per heavy atom. The zero-order valence-electron chi connectivity index (χ0n) is 9.22. The number of hydrogen-bond acceptors (Lipinski definition) is 4. The van der Waals surface area contributed by atoms with Crippen LogP contribution < -0.4 is 10.2 Å². The van der Waals surface area contributed by atoms with Crippen LogP contribution in [0.5, 0.6) is 0 Å². The highest BCUT2D eigenvalue weighted by Crippen LogP contribution is 2.25. The Morgan fingerprint density at radius 1 is 1.62 bits per heavy atom. The van der Waals surface area contributed by atoms with E-state index in [2.05, 4.69) is 15.6 Å². The van der Waals surface area contributed by atoms with Gasteiger partial charge in [-0.3, -0.25) is 4.79 Å². The number of rotatable bonds is 3. The minimum Gasteiger partial charge on any atom is -0.481 e. The lowest BCUT2D eigenvalue weighted by Crippen LogP contribution is -2.50. The molecule has 2 heterocycles. The summed E-state index contributed by atoms with van der Waals surface area (Å²) < 4.78 is 0. The number of nitrogens with one attached hydrogen (secondary N) is 1. The van der Waals surface area contributed by atoms with Gasteiger partial charge in [-0.1, -0.05) is 0 Å². The first kappa shape index (κ1) is 11.4. The minimum absolute atomic E-state index is 0.259. The molecule has 0 saturated carbocycles. The third-order valence-corrected chi connectivity index (χ3v) is 3.75. The summed E-state index contributed by atoms with van der Waals surface area (Å²) in [5, 5.41) is 16.4. The molecular weight excluding hydrogens is 224 g/mol. The molecule has 0 amide bonds. The smallest absolute Gasteiger partial charge is 0.308 e. The maximum absolute atomic E-state index is 11.1. The molecule has 88 valence electrons. The molecule has 5 heteroatoms. The molecule has 1 fully saturated rings. The number of anilines is 1. The van der Waals surface area contributed by atoms with Gasteiger partial charge >= 0.3 is 5.97 Å². The van der Waals surface area contributed by atoms with E-state index in [0.717, 1.165) is 12.2 Å². The maximum Gasteiger partial charge on any atom is 0.308 e. The van der Waals surface area contributed by atoms with Crippen LogP contribution in [0.2, 0.25) is 0 Å². The first-order valence-electron chi connectivity index (χ1n) is 5.38. The lowest BCUT2D eigenvalue weighted by molar-refractivity contribution is -0.142. The number of hydrogen-bond donors (Lipinski definition) is 2. The highest BCUT2D eigenvalue weighted by Gasteiger charge is 2.30. The number of nitrogens with zero attached hydrogens (tertiary/aromatic N) is 1. The summed E-state index contributed by atoms with van der Waals surface area (Å²) >= 11 is 1.64. The van der Waals surface area contributed by atoms with Crippen LogP contribution in [0.3, 0.4) is 0 Å². The Bertz CT molecular complexity index is 353. The molecule has 0 aliphatic carbocycles. The molecule has 0 radical (unpaired) electrons. The predicted octanol–water partition coefficient (Wildman–Crippen LogP) is 1.25. The van der Waals surface area contributed by atoms with Crippen LogP contribution in [-0.2, 0) is 4.79 Å². The number of piperidine rings is 1. The van der Waals surface area contributed by atoms with Crippen molar-refractivity contribution in [2.45, 2.75) is 12.5 Å². The normalized spacial score (nSPS) is 25.7. The highest BCUT2D eigenvalue weighted by atomic mass is 32.1. The lowest BCUT2D eigenvalue weighted by Gasteiger charge is -2.36. The summed E-state index contributed by atoms with van der Waals surface area (Å²) in [5.74, 6) is -0.966. The van der Waals surface area contributed by atoms with E-state index in [1.54, 1.807) is 11.3 Å². The molecule has 2 N–H and O–H groups in total. The van der Waals surface area contributed by atoms with Crippen molar-refractivity contribution in [2.75, 3.05) is 25.0 Å². The average molecular weight is 240 g/mol. The van der Waals surface area contributed by atoms with E-state index in [0.29, 0.717) is 13.0 Å². The van der Waals surface area contributed by atoms with Crippen molar-refractivity contribution in [2.24, 2.45) is 5.92 Å². The molecule has 1 aromatic rings. The first-order chi connectivity index (χ1) is 7.70. The highest BCUT2D eigenvalue weighted by molar-refractivity contribution is 7.08. The van der Waals surface area contributed by atoms with Crippen molar-refractivity contribution in [3.63, 3.8) is 0 Å². The topological polar surface area (TPSA) is 52.6 Å². The first-order valence-corrected chi connectivity index (χ1v) is 6.32. The summed E-state index contributed by atoms with van der Waals surface area (Å²) in [6.45, 7) is 1.50. The van der Waals surface area contributed by atoms with Gasteiger partial charge in [0, 0.05) is 30.2 Å². The molecule has 1 saturated heterocycles. The summed E-state index contributed by atoms with van der Waals surface area (Å²) in [5.41, 5.74) is 1.14. The van der Waals surface area contributed by atoms with Crippen LogP contribution in [0.25, 0.3) is 0 Å². The van der Waals surface area contributed by atoms with Gasteiger partial charge in [-0.2, -0.15) is 11.3 Å². The molecule has 2 rings (SSSR count). The zero-order chi connectivity index (χ0) is 11.5. The van der Waals surface area contributed by atoms with Crippen LogP contribution in [0.1, 0.15) is 6.42 Å². The van der Waals surface area contributed by atoms with Gasteiger partial charge in [-0.05, 0) is 24.9 Å². The van der Waals surface area contributed by atoms with Crippen LogP contribution in [0, 0.1) is 5.92 Å². The summed E-state index contributed by atoms with van der Waals surface area (Å²) in [4.78, 5) is 13.2. The second-order valence-corrected chi connectivity index (χ2v) is 4.92. The molecular formula is C11H16N2O2S. The Morgan fingerprint density at radius 2 is 2.44 bits per heavy atom. The number of likely N-dealkylation sites (N-methyl/N-ethyl adjacent to an activating group) is 1. The Hall–Kier alpha value is -1.07. The van der Waals surface area contributed by atoms with Crippen LogP contribution in [0.15, 0.2) is 16.8 Å². The van der Waals surface area contributed by atoms with E-state index in [4.69, 9.17) is 5.11 Å². The van der Waals surface area contributed by atoms with Crippen molar-refractivity contribution >= 4 is 23.0 Å². The molecule has 4 nitrogen and oxygen atoms in total. The summed E-state index contributed by atoms with van der Waals surface area (Å²) in [6.07, 6.45) is 0.715. The molecule has 2 unspecified atom stereocenters. The third-order valence-electron chi connectivity index (χ3n) is 3.08. The van der Waals surface area contributed by atoms with Crippen molar-refractivity contribution in [3.8, 4) is 0 Å². The van der Waals surface area contributed by atoms with Crippen molar-refractivity contribution in [1.29, 1.82) is 0 Å². The fraction of sp³-hybridized carbons (Fsp3) is 0.545. The van der Waals surface area contributed by atoms with Gasteiger partial charge in [0.25, 0.3) is 0 Å². The number of carboxylic acids is 1. The Balaban J connectivity index is 2.11. The van der Waals surface area contributed by atoms with E-state index in [1.807, 2.05) is 18.5 Å². The standard InChI is InChI=1S/C11H16N2O2S/c1-12-9-4-8(11(14)15)5-13(6-9)10-2-3-16-7-10/h2-3,7-9,12H,4-6H2,1H3,(H,14,15). The second-order valence-electron chi connectivity index (χ2n) is 4.14. The van der Waals surface area contributed by atoms with Crippen LogP contribution in [-0.4, -0.2) is 37.3 Å². The zero-order valence-corrected chi connectivity index (χ0v) is 10.0. The van der Waals surface area contributed by atoms with Crippen LogP contribution in [0.4, 0.5) is 5.69 Å². The Kier molecular flexibility index (Phi) is 3.46. The van der Waals surface area contributed by atoms with E-state index in [-0.39, 0.29) is 12.0 Å². The van der Waals surface area contributed by atoms with Crippen molar-refractivity contribution < 1.29 is 9.90 Å². The molecule has 1 aliphatic rings. The fourth-order valence-corrected chi connectivity index (χ4v) is 2.80. The lowest BCUT2D eigenvalue weighted by atomic mass is 9.94. The number of aliphatic carboxylic acids is 1. The average Bonchev–Trinajstić information content (AvgIpc) is 2.81. The van der Waals surface area contributed by atoms with E-state index in [1.165, 1.54) is 0 Å². The largest absolute Gasteiger partial charge is 0.481 e. The SMILES string of the molecule is CNC1CC(C(=O)O)CN(c2ccsc2)C1. The van der Waals surface area contributed by atoms with Crippen molar-refractivity contribution in [3.05, 3.63) is 16.8 Å². The van der Waals surface area contributed by atoms with Crippen molar-refractivity contribution in [1.82, 2.24) is 5.32 Å². The summed E-state index contributed by atoms with van der Waals surface area (Å²) in [6, 6.07) is 2.30. The fourth-order valence-electron chi connectivity index (χ4n) is 2.14. The van der Waals surface area contributed by atoms with Gasteiger partial charge in [0.1, 0.15) is 0 Å². The molecule has 0 aromatic carbocycles. The van der Waals surface area contributed by atoms with Gasteiger partial charge < -0.3 is 15.3 Å². The molecule has 0 spiro atoms. The van der Waals surface area contributed by atoms with E-state index < -0.39 is 5.97 Å². The second kappa shape index (κ2) is 4.84. The number of thiophene rings is 1. The monoisotopic (exact) mass is 240 g/mol. The minimum atomic E-state index is -0.694. The molecule has 0 bridgehead atoms. The van der Waals surface area contributed by atoms with Gasteiger partial charge in [-0.15, -0.1) is 0 Å². The molecule has 1 aliphatic heterocycles. The molecule has 2 atom stereocenters. The van der Waals surface area contributed by atoms with Gasteiger partial charge in [0.2, 0.25) is 0 Å². The summed E-state index contributed by atoms with van der Waals surface area (Å²) in [7, 11) is 1.89. The quantitative estimate of drug-likeness (QED) is 0.835.